The number of halogens is 1. The van der Waals surface area contributed by atoms with Gasteiger partial charge in [-0.05, 0) is 57.2 Å². The fourth-order valence-electron chi connectivity index (χ4n) is 4.96. The number of nitrogens with zero attached hydrogens (tertiary/aromatic N) is 2. The number of aryl methyl sites for hydroxylation is 2. The van der Waals surface area contributed by atoms with Crippen LogP contribution in [0.5, 0.6) is 23.1 Å². The van der Waals surface area contributed by atoms with Crippen molar-refractivity contribution in [1.29, 1.82) is 0 Å². The summed E-state index contributed by atoms with van der Waals surface area (Å²) in [5.74, 6) is -0.529. The number of rotatable bonds is 7. The van der Waals surface area contributed by atoms with Crippen LogP contribution in [0.2, 0.25) is 0 Å². The molecule has 0 unspecified atom stereocenters. The van der Waals surface area contributed by atoms with Crippen LogP contribution >= 0.6 is 0 Å². The molecule has 0 atom stereocenters. The van der Waals surface area contributed by atoms with Gasteiger partial charge in [0, 0.05) is 47.0 Å². The number of allylic oxidation sites excluding steroid dienone is 2. The van der Waals surface area contributed by atoms with Gasteiger partial charge in [-0.2, -0.15) is 0 Å². The van der Waals surface area contributed by atoms with E-state index in [4.69, 9.17) is 14.2 Å². The lowest BCUT2D eigenvalue weighted by atomic mass is 9.91. The maximum Gasteiger partial charge on any atom is 0.261 e. The van der Waals surface area contributed by atoms with E-state index >= 15 is 4.39 Å². The van der Waals surface area contributed by atoms with Crippen LogP contribution < -0.4 is 25.0 Å². The number of hydrogen-bond acceptors (Lipinski definition) is 7. The number of aromatic amines is 1. The topological polar surface area (TPSA) is 115 Å². The van der Waals surface area contributed by atoms with E-state index in [-0.39, 0.29) is 34.1 Å². The van der Waals surface area contributed by atoms with Crippen LogP contribution in [0.3, 0.4) is 0 Å². The molecular formula is C30H29FN4O5. The van der Waals surface area contributed by atoms with Crippen molar-refractivity contribution in [3.05, 3.63) is 81.2 Å². The van der Waals surface area contributed by atoms with Gasteiger partial charge in [-0.15, -0.1) is 0 Å². The maximum atomic E-state index is 15.1. The lowest BCUT2D eigenvalue weighted by Gasteiger charge is -2.17. The molecule has 1 amide bonds. The fraction of sp³-hybridized carbons (Fsp3) is 0.267. The predicted octanol–water partition coefficient (Wildman–Crippen LogP) is 6.09. The molecule has 0 bridgehead atoms. The molecule has 3 aromatic heterocycles. The first-order chi connectivity index (χ1) is 19.3. The molecule has 3 heterocycles. The summed E-state index contributed by atoms with van der Waals surface area (Å²) in [6, 6.07) is 7.23. The molecule has 1 aliphatic rings. The Bertz CT molecular complexity index is 1710. The normalized spacial score (nSPS) is 13.1. The van der Waals surface area contributed by atoms with Gasteiger partial charge in [-0.3, -0.25) is 14.6 Å². The van der Waals surface area contributed by atoms with E-state index in [1.807, 2.05) is 6.92 Å². The van der Waals surface area contributed by atoms with Gasteiger partial charge in [0.15, 0.2) is 23.1 Å². The molecule has 0 radical (unpaired) electrons. The maximum absolute atomic E-state index is 15.1. The van der Waals surface area contributed by atoms with Crippen molar-refractivity contribution in [1.82, 2.24) is 15.0 Å². The number of aromatic nitrogens is 3. The fourth-order valence-corrected chi connectivity index (χ4v) is 4.96. The van der Waals surface area contributed by atoms with Crippen LogP contribution in [0.25, 0.3) is 16.6 Å². The zero-order chi connectivity index (χ0) is 28.4. The summed E-state index contributed by atoms with van der Waals surface area (Å²) in [6.45, 7) is 3.51. The molecule has 2 N–H and O–H groups in total. The predicted molar refractivity (Wildman–Crippen MR) is 150 cm³/mol. The molecule has 206 valence electrons. The lowest BCUT2D eigenvalue weighted by Crippen LogP contribution is -2.27. The van der Waals surface area contributed by atoms with Crippen LogP contribution in [0.4, 0.5) is 10.1 Å². The van der Waals surface area contributed by atoms with E-state index in [0.717, 1.165) is 43.0 Å². The molecule has 40 heavy (non-hydrogen) atoms. The number of amides is 1. The summed E-state index contributed by atoms with van der Waals surface area (Å²) in [4.78, 5) is 38.5. The van der Waals surface area contributed by atoms with E-state index in [9.17, 15) is 9.59 Å². The standard InChI is InChI=1S/C30H29FN4O5/c1-16-25(18-8-6-5-7-9-18)28(36)26(17(2)33-16)29(37)34-19-10-11-22(20(31)14-19)40-23-12-13-32-21-15-24(38-3)30(39-4)35-27(21)23/h8,10-15H,5-7,9H2,1-4H3,(H,33,36)(H,34,37). The summed E-state index contributed by atoms with van der Waals surface area (Å²) in [6.07, 6.45) is 7.37. The van der Waals surface area contributed by atoms with E-state index in [1.54, 1.807) is 19.1 Å². The average Bonchev–Trinajstić information content (AvgIpc) is 2.94. The first-order valence-corrected chi connectivity index (χ1v) is 12.9. The number of hydrogen-bond donors (Lipinski definition) is 2. The van der Waals surface area contributed by atoms with Gasteiger partial charge in [-0.25, -0.2) is 9.37 Å². The number of anilines is 1. The second kappa shape index (κ2) is 11.2. The van der Waals surface area contributed by atoms with Crippen molar-refractivity contribution in [2.75, 3.05) is 19.5 Å². The molecule has 9 nitrogen and oxygen atoms in total. The smallest absolute Gasteiger partial charge is 0.261 e. The second-order valence-corrected chi connectivity index (χ2v) is 9.51. The third kappa shape index (κ3) is 5.12. The largest absolute Gasteiger partial charge is 0.491 e. The number of ether oxygens (including phenoxy) is 3. The van der Waals surface area contributed by atoms with Crippen LogP contribution in [-0.4, -0.2) is 35.1 Å². The summed E-state index contributed by atoms with van der Waals surface area (Å²) in [5.41, 5.74) is 3.36. The van der Waals surface area contributed by atoms with E-state index in [1.165, 1.54) is 32.5 Å². The first kappa shape index (κ1) is 26.9. The van der Waals surface area contributed by atoms with Gasteiger partial charge in [0.05, 0.1) is 19.7 Å². The van der Waals surface area contributed by atoms with Gasteiger partial charge in [0.25, 0.3) is 11.8 Å². The minimum Gasteiger partial charge on any atom is -0.491 e. The van der Waals surface area contributed by atoms with Crippen molar-refractivity contribution in [2.45, 2.75) is 39.5 Å². The first-order valence-electron chi connectivity index (χ1n) is 12.9. The van der Waals surface area contributed by atoms with Crippen molar-refractivity contribution >= 4 is 28.2 Å². The van der Waals surface area contributed by atoms with Crippen molar-refractivity contribution in [3.63, 3.8) is 0 Å². The van der Waals surface area contributed by atoms with Crippen molar-refractivity contribution in [2.24, 2.45) is 0 Å². The lowest BCUT2D eigenvalue weighted by molar-refractivity contribution is 0.102. The van der Waals surface area contributed by atoms with E-state index < -0.39 is 11.7 Å². The van der Waals surface area contributed by atoms with Crippen LogP contribution in [0.15, 0.2) is 47.4 Å². The van der Waals surface area contributed by atoms with E-state index in [0.29, 0.717) is 28.0 Å². The zero-order valence-corrected chi connectivity index (χ0v) is 22.7. The third-order valence-electron chi connectivity index (χ3n) is 6.85. The number of benzene rings is 1. The van der Waals surface area contributed by atoms with Crippen molar-refractivity contribution < 1.29 is 23.4 Å². The molecular weight excluding hydrogens is 515 g/mol. The van der Waals surface area contributed by atoms with Gasteiger partial charge in [0.2, 0.25) is 5.43 Å². The number of carbonyl (C=O) groups excluding carboxylic acids is 1. The highest BCUT2D eigenvalue weighted by molar-refractivity contribution is 6.05. The Morgan fingerprint density at radius 3 is 2.55 bits per heavy atom. The third-order valence-corrected chi connectivity index (χ3v) is 6.85. The number of methoxy groups -OCH3 is 2. The van der Waals surface area contributed by atoms with Crippen LogP contribution in [0, 0.1) is 19.7 Å². The zero-order valence-electron chi connectivity index (χ0n) is 22.7. The highest BCUT2D eigenvalue weighted by Gasteiger charge is 2.22. The Morgan fingerprint density at radius 1 is 1.02 bits per heavy atom. The minimum absolute atomic E-state index is 0.00603. The average molecular weight is 545 g/mol. The minimum atomic E-state index is -0.717. The van der Waals surface area contributed by atoms with E-state index in [2.05, 4.69) is 26.3 Å². The molecule has 10 heteroatoms. The highest BCUT2D eigenvalue weighted by Crippen LogP contribution is 2.35. The van der Waals surface area contributed by atoms with Gasteiger partial charge < -0.3 is 24.5 Å². The molecule has 1 aliphatic carbocycles. The Morgan fingerprint density at radius 2 is 1.85 bits per heavy atom. The quantitative estimate of drug-likeness (QED) is 0.289. The number of carbonyl (C=O) groups is 1. The summed E-state index contributed by atoms with van der Waals surface area (Å²) < 4.78 is 31.5. The molecule has 1 aromatic carbocycles. The molecule has 0 fully saturated rings. The number of nitrogens with one attached hydrogen (secondary N) is 2. The molecule has 0 aliphatic heterocycles. The number of fused-ring (bicyclic) bond motifs is 1. The number of H-pyrrole nitrogens is 1. The van der Waals surface area contributed by atoms with Crippen LogP contribution in [-0.2, 0) is 0 Å². The van der Waals surface area contributed by atoms with Gasteiger partial charge >= 0.3 is 0 Å². The Hall–Kier alpha value is -4.73. The highest BCUT2D eigenvalue weighted by atomic mass is 19.1. The molecule has 5 rings (SSSR count). The Kier molecular flexibility index (Phi) is 7.50. The molecule has 0 saturated carbocycles. The summed E-state index contributed by atoms with van der Waals surface area (Å²) in [5, 5.41) is 2.65. The monoisotopic (exact) mass is 544 g/mol. The second-order valence-electron chi connectivity index (χ2n) is 9.51. The van der Waals surface area contributed by atoms with Gasteiger partial charge in [0.1, 0.15) is 11.1 Å². The Labute approximate surface area is 230 Å². The molecule has 0 spiro atoms. The van der Waals surface area contributed by atoms with Crippen molar-refractivity contribution in [3.8, 4) is 23.1 Å². The van der Waals surface area contributed by atoms with Gasteiger partial charge in [-0.1, -0.05) is 6.08 Å². The molecule has 4 aromatic rings. The summed E-state index contributed by atoms with van der Waals surface area (Å²) in [7, 11) is 2.95. The number of pyridine rings is 3. The van der Waals surface area contributed by atoms with Crippen LogP contribution in [0.1, 0.15) is 53.0 Å². The Balaban J connectivity index is 1.41. The summed E-state index contributed by atoms with van der Waals surface area (Å²) >= 11 is 0. The molecule has 0 saturated heterocycles. The SMILES string of the molecule is COc1cc2nccc(Oc3ccc(NC(=O)c4c(C)[nH]c(C)c(C5=CCCCC5)c4=O)cc3F)c2nc1OC.